The number of nitrogens with zero attached hydrogens (tertiary/aromatic N) is 1. The van der Waals surface area contributed by atoms with Gasteiger partial charge in [0.25, 0.3) is 0 Å². The fraction of sp³-hybridized carbons (Fsp3) is 0.188. The molecule has 0 spiro atoms. The number of hydrogen-bond acceptors (Lipinski definition) is 4. The molecule has 1 unspecified atom stereocenters. The lowest BCUT2D eigenvalue weighted by Gasteiger charge is -2.12. The molecule has 1 amide bonds. The van der Waals surface area contributed by atoms with Crippen LogP contribution in [0.5, 0.6) is 0 Å². The van der Waals surface area contributed by atoms with Crippen molar-refractivity contribution >= 4 is 29.1 Å². The second-order valence-corrected chi connectivity index (χ2v) is 5.92. The molecule has 4 nitrogen and oxygen atoms in total. The van der Waals surface area contributed by atoms with Crippen LogP contribution in [0.4, 0.5) is 5.69 Å². The van der Waals surface area contributed by atoms with Crippen LogP contribution in [0.2, 0.25) is 0 Å². The molecular formula is C16H16N2O2S. The largest absolute Gasteiger partial charge is 0.325 e. The average Bonchev–Trinajstić information content (AvgIpc) is 2.48. The number of carbonyl (C=O) groups is 2. The summed E-state index contributed by atoms with van der Waals surface area (Å²) < 4.78 is 0. The number of aromatic nitrogens is 1. The van der Waals surface area contributed by atoms with E-state index in [-0.39, 0.29) is 16.9 Å². The predicted molar refractivity (Wildman–Crippen MR) is 84.6 cm³/mol. The molecule has 2 aromatic rings. The van der Waals surface area contributed by atoms with Crippen LogP contribution in [0, 0.1) is 0 Å². The maximum Gasteiger partial charge on any atom is 0.237 e. The van der Waals surface area contributed by atoms with Crippen molar-refractivity contribution in [3.05, 3.63) is 54.2 Å². The number of amides is 1. The van der Waals surface area contributed by atoms with Gasteiger partial charge in [-0.05, 0) is 38.1 Å². The molecule has 0 aliphatic rings. The summed E-state index contributed by atoms with van der Waals surface area (Å²) in [5.74, 6) is -0.145. The number of rotatable bonds is 5. The van der Waals surface area contributed by atoms with E-state index in [1.165, 1.54) is 18.7 Å². The zero-order valence-electron chi connectivity index (χ0n) is 11.9. The Morgan fingerprint density at radius 2 is 2.00 bits per heavy atom. The van der Waals surface area contributed by atoms with Crippen LogP contribution >= 0.6 is 11.8 Å². The maximum atomic E-state index is 12.2. The third-order valence-corrected chi connectivity index (χ3v) is 3.89. The lowest BCUT2D eigenvalue weighted by atomic mass is 10.1. The molecule has 0 saturated carbocycles. The predicted octanol–water partition coefficient (Wildman–Crippen LogP) is 3.40. The van der Waals surface area contributed by atoms with E-state index in [4.69, 9.17) is 0 Å². The molecule has 1 N–H and O–H groups in total. The van der Waals surface area contributed by atoms with Gasteiger partial charge in [0, 0.05) is 17.4 Å². The molecule has 0 fully saturated rings. The highest BCUT2D eigenvalue weighted by Crippen LogP contribution is 2.22. The summed E-state index contributed by atoms with van der Waals surface area (Å²) in [6, 6.07) is 12.5. The molecule has 1 atom stereocenters. The zero-order chi connectivity index (χ0) is 15.2. The Hall–Kier alpha value is -2.14. The zero-order valence-corrected chi connectivity index (χ0v) is 12.7. The average molecular weight is 300 g/mol. The lowest BCUT2D eigenvalue weighted by molar-refractivity contribution is -0.115. The number of pyridine rings is 1. The Morgan fingerprint density at radius 3 is 2.67 bits per heavy atom. The third-order valence-electron chi connectivity index (χ3n) is 2.84. The molecule has 0 aliphatic carbocycles. The first kappa shape index (κ1) is 15.3. The van der Waals surface area contributed by atoms with E-state index in [1.807, 2.05) is 25.1 Å². The van der Waals surface area contributed by atoms with Crippen LogP contribution in [-0.4, -0.2) is 21.9 Å². The fourth-order valence-electron chi connectivity index (χ4n) is 1.71. The Labute approximate surface area is 128 Å². The summed E-state index contributed by atoms with van der Waals surface area (Å²) in [5.41, 5.74) is 1.21. The van der Waals surface area contributed by atoms with Gasteiger partial charge in [0.15, 0.2) is 5.78 Å². The highest BCUT2D eigenvalue weighted by Gasteiger charge is 2.15. The van der Waals surface area contributed by atoms with Crippen LogP contribution in [-0.2, 0) is 4.79 Å². The first-order chi connectivity index (χ1) is 10.1. The molecular weight excluding hydrogens is 284 g/mol. The van der Waals surface area contributed by atoms with Crippen molar-refractivity contribution in [1.82, 2.24) is 4.98 Å². The highest BCUT2D eigenvalue weighted by atomic mass is 32.2. The second-order valence-electron chi connectivity index (χ2n) is 4.55. The molecule has 0 aliphatic heterocycles. The maximum absolute atomic E-state index is 12.2. The first-order valence-electron chi connectivity index (χ1n) is 6.56. The molecule has 0 bridgehead atoms. The summed E-state index contributed by atoms with van der Waals surface area (Å²) in [4.78, 5) is 27.7. The van der Waals surface area contributed by atoms with E-state index < -0.39 is 0 Å². The van der Waals surface area contributed by atoms with Crippen molar-refractivity contribution in [3.8, 4) is 0 Å². The number of anilines is 1. The number of hydrogen-bond donors (Lipinski definition) is 1. The van der Waals surface area contributed by atoms with Crippen molar-refractivity contribution < 1.29 is 9.59 Å². The summed E-state index contributed by atoms with van der Waals surface area (Å²) in [6.07, 6.45) is 1.70. The molecule has 5 heteroatoms. The van der Waals surface area contributed by atoms with Crippen molar-refractivity contribution in [3.63, 3.8) is 0 Å². The van der Waals surface area contributed by atoms with Gasteiger partial charge < -0.3 is 5.32 Å². The first-order valence-corrected chi connectivity index (χ1v) is 7.44. The molecule has 2 rings (SSSR count). The van der Waals surface area contributed by atoms with Crippen LogP contribution < -0.4 is 5.32 Å². The van der Waals surface area contributed by atoms with E-state index in [9.17, 15) is 9.59 Å². The normalized spacial score (nSPS) is 11.7. The molecule has 108 valence electrons. The number of nitrogens with one attached hydrogen (secondary N) is 1. The van der Waals surface area contributed by atoms with Gasteiger partial charge in [-0.15, -0.1) is 0 Å². The van der Waals surface area contributed by atoms with Gasteiger partial charge in [-0.3, -0.25) is 9.59 Å². The minimum Gasteiger partial charge on any atom is -0.325 e. The molecule has 1 aromatic heterocycles. The summed E-state index contributed by atoms with van der Waals surface area (Å²) in [5, 5.41) is 3.34. The Morgan fingerprint density at radius 1 is 1.19 bits per heavy atom. The molecule has 0 radical (unpaired) electrons. The Kier molecular flexibility index (Phi) is 5.11. The summed E-state index contributed by atoms with van der Waals surface area (Å²) >= 11 is 1.39. The van der Waals surface area contributed by atoms with E-state index in [2.05, 4.69) is 10.3 Å². The molecule has 1 heterocycles. The van der Waals surface area contributed by atoms with E-state index >= 15 is 0 Å². The van der Waals surface area contributed by atoms with Crippen molar-refractivity contribution in [2.24, 2.45) is 0 Å². The standard InChI is InChI=1S/C16H16N2O2S/c1-11(19)13-6-5-7-14(10-13)18-16(20)12(2)21-15-8-3-4-9-17-15/h3-10,12H,1-2H3,(H,18,20). The Balaban J connectivity index is 2.00. The van der Waals surface area contributed by atoms with Crippen molar-refractivity contribution in [1.29, 1.82) is 0 Å². The van der Waals surface area contributed by atoms with Crippen LogP contribution in [0.15, 0.2) is 53.7 Å². The van der Waals surface area contributed by atoms with Gasteiger partial charge in [-0.1, -0.05) is 30.0 Å². The monoisotopic (exact) mass is 300 g/mol. The highest BCUT2D eigenvalue weighted by molar-refractivity contribution is 8.00. The fourth-order valence-corrected chi connectivity index (χ4v) is 2.52. The van der Waals surface area contributed by atoms with Gasteiger partial charge >= 0.3 is 0 Å². The van der Waals surface area contributed by atoms with Crippen LogP contribution in [0.25, 0.3) is 0 Å². The minimum atomic E-state index is -0.277. The molecule has 21 heavy (non-hydrogen) atoms. The van der Waals surface area contributed by atoms with Crippen molar-refractivity contribution in [2.75, 3.05) is 5.32 Å². The SMILES string of the molecule is CC(=O)c1cccc(NC(=O)C(C)Sc2ccccn2)c1. The van der Waals surface area contributed by atoms with Gasteiger partial charge in [0.05, 0.1) is 10.3 Å². The molecule has 0 saturated heterocycles. The van der Waals surface area contributed by atoms with E-state index in [0.29, 0.717) is 11.3 Å². The Bertz CT molecular complexity index is 644. The number of benzene rings is 1. The minimum absolute atomic E-state index is 0.0259. The smallest absolute Gasteiger partial charge is 0.237 e. The van der Waals surface area contributed by atoms with Gasteiger partial charge in [0.2, 0.25) is 5.91 Å². The number of carbonyl (C=O) groups excluding carboxylic acids is 2. The summed E-state index contributed by atoms with van der Waals surface area (Å²) in [6.45, 7) is 3.32. The second kappa shape index (κ2) is 7.04. The van der Waals surface area contributed by atoms with Gasteiger partial charge in [0.1, 0.15) is 0 Å². The van der Waals surface area contributed by atoms with Crippen LogP contribution in [0.1, 0.15) is 24.2 Å². The van der Waals surface area contributed by atoms with Crippen LogP contribution in [0.3, 0.4) is 0 Å². The van der Waals surface area contributed by atoms with E-state index in [0.717, 1.165) is 5.03 Å². The quantitative estimate of drug-likeness (QED) is 0.679. The lowest BCUT2D eigenvalue weighted by Crippen LogP contribution is -2.22. The number of Topliss-reactive ketones (excluding diaryl/α,β-unsaturated/α-hetero) is 1. The summed E-state index contributed by atoms with van der Waals surface area (Å²) in [7, 11) is 0. The molecule has 1 aromatic carbocycles. The third kappa shape index (κ3) is 4.43. The topological polar surface area (TPSA) is 59.1 Å². The van der Waals surface area contributed by atoms with Gasteiger partial charge in [-0.25, -0.2) is 4.98 Å². The van der Waals surface area contributed by atoms with E-state index in [1.54, 1.807) is 30.5 Å². The number of ketones is 1. The van der Waals surface area contributed by atoms with Crippen molar-refractivity contribution in [2.45, 2.75) is 24.1 Å². The van der Waals surface area contributed by atoms with Gasteiger partial charge in [-0.2, -0.15) is 0 Å². The number of thioether (sulfide) groups is 1.